The highest BCUT2D eigenvalue weighted by Crippen LogP contribution is 2.19. The molecule has 0 aliphatic rings. The zero-order valence-electron chi connectivity index (χ0n) is 18.3. The maximum Gasteiger partial charge on any atom is 0.340 e. The monoisotopic (exact) mass is 388 g/mol. The lowest BCUT2D eigenvalue weighted by Crippen LogP contribution is -2.24. The van der Waals surface area contributed by atoms with Gasteiger partial charge in [-0.3, -0.25) is 0 Å². The third kappa shape index (κ3) is 5.50. The number of ether oxygens (including phenoxy) is 2. The van der Waals surface area contributed by atoms with Crippen molar-refractivity contribution in [3.8, 4) is 0 Å². The summed E-state index contributed by atoms with van der Waals surface area (Å²) in [4.78, 5) is 24.6. The number of hydrogen-bond acceptors (Lipinski definition) is 4. The highest BCUT2D eigenvalue weighted by molar-refractivity contribution is 5.91. The molecule has 0 spiro atoms. The molecule has 0 saturated carbocycles. The highest BCUT2D eigenvalue weighted by atomic mass is 16.6. The molecule has 2 aromatic heterocycles. The van der Waals surface area contributed by atoms with E-state index in [0.717, 1.165) is 11.4 Å². The minimum atomic E-state index is -0.522. The van der Waals surface area contributed by atoms with E-state index in [-0.39, 0.29) is 11.9 Å². The van der Waals surface area contributed by atoms with Gasteiger partial charge in [-0.15, -0.1) is 0 Å². The summed E-state index contributed by atoms with van der Waals surface area (Å²) in [5.41, 5.74) is 1.85. The molecule has 6 nitrogen and oxygen atoms in total. The van der Waals surface area contributed by atoms with E-state index in [0.29, 0.717) is 24.2 Å². The van der Waals surface area contributed by atoms with Gasteiger partial charge in [0, 0.05) is 36.9 Å². The number of carbonyl (C=O) groups is 2. The molecule has 0 N–H and O–H groups in total. The summed E-state index contributed by atoms with van der Waals surface area (Å²) in [6.07, 6.45) is 3.78. The lowest BCUT2D eigenvalue weighted by atomic mass is 10.2. The molecule has 0 unspecified atom stereocenters. The van der Waals surface area contributed by atoms with Crippen molar-refractivity contribution in [3.63, 3.8) is 0 Å². The molecule has 0 aliphatic carbocycles. The fraction of sp³-hybridized carbons (Fsp3) is 0.545. The van der Waals surface area contributed by atoms with E-state index in [1.807, 2.05) is 76.9 Å². The van der Waals surface area contributed by atoms with Crippen molar-refractivity contribution >= 4 is 11.9 Å². The van der Waals surface area contributed by atoms with Gasteiger partial charge < -0.3 is 18.6 Å². The molecule has 154 valence electrons. The third-order valence-corrected chi connectivity index (χ3v) is 4.30. The molecule has 0 amide bonds. The lowest BCUT2D eigenvalue weighted by molar-refractivity contribution is 0.00558. The Bertz CT molecular complexity index is 788. The van der Waals surface area contributed by atoms with Crippen molar-refractivity contribution in [2.75, 3.05) is 0 Å². The van der Waals surface area contributed by atoms with Crippen LogP contribution in [0, 0.1) is 13.8 Å². The molecule has 0 radical (unpaired) electrons. The van der Waals surface area contributed by atoms with Crippen molar-refractivity contribution in [1.82, 2.24) is 9.13 Å². The first-order chi connectivity index (χ1) is 12.8. The van der Waals surface area contributed by atoms with Crippen LogP contribution in [-0.2, 0) is 22.6 Å². The Balaban J connectivity index is 2.08. The number of rotatable bonds is 5. The third-order valence-electron chi connectivity index (χ3n) is 4.30. The SMILES string of the molecule is Cc1c(C(=O)OC(C)(C)C)ccn1CCn1ccc(C(=O)OC(C)(C)C)c1C. The molecule has 0 atom stereocenters. The van der Waals surface area contributed by atoms with Gasteiger partial charge in [0.1, 0.15) is 11.2 Å². The van der Waals surface area contributed by atoms with E-state index in [9.17, 15) is 9.59 Å². The molecule has 0 aliphatic heterocycles. The Labute approximate surface area is 167 Å². The van der Waals surface area contributed by atoms with Gasteiger partial charge in [0.2, 0.25) is 0 Å². The van der Waals surface area contributed by atoms with Gasteiger partial charge in [-0.2, -0.15) is 0 Å². The van der Waals surface area contributed by atoms with Crippen molar-refractivity contribution in [1.29, 1.82) is 0 Å². The van der Waals surface area contributed by atoms with Gasteiger partial charge in [-0.25, -0.2) is 9.59 Å². The van der Waals surface area contributed by atoms with Gasteiger partial charge in [-0.1, -0.05) is 0 Å². The summed E-state index contributed by atoms with van der Waals surface area (Å²) in [7, 11) is 0. The van der Waals surface area contributed by atoms with E-state index in [2.05, 4.69) is 0 Å². The summed E-state index contributed by atoms with van der Waals surface area (Å²) in [6.45, 7) is 16.3. The molecule has 2 heterocycles. The smallest absolute Gasteiger partial charge is 0.340 e. The largest absolute Gasteiger partial charge is 0.456 e. The number of hydrogen-bond donors (Lipinski definition) is 0. The van der Waals surface area contributed by atoms with Crippen LogP contribution in [-0.4, -0.2) is 32.3 Å². The zero-order valence-corrected chi connectivity index (χ0v) is 18.3. The summed E-state index contributed by atoms with van der Waals surface area (Å²) in [6, 6.07) is 3.58. The standard InChI is InChI=1S/C22H32N2O4/c1-15-17(19(25)27-21(3,4)5)9-11-23(15)13-14-24-12-10-18(16(24)2)20(26)28-22(6,7)8/h9-12H,13-14H2,1-8H3. The average molecular weight is 389 g/mol. The van der Waals surface area contributed by atoms with Crippen LogP contribution in [0.3, 0.4) is 0 Å². The molecule has 0 saturated heterocycles. The highest BCUT2D eigenvalue weighted by Gasteiger charge is 2.22. The van der Waals surface area contributed by atoms with Crippen molar-refractivity contribution in [2.45, 2.75) is 79.7 Å². The average Bonchev–Trinajstić information content (AvgIpc) is 3.05. The number of aromatic nitrogens is 2. The summed E-state index contributed by atoms with van der Waals surface area (Å²) < 4.78 is 15.0. The van der Waals surface area contributed by atoms with Crippen LogP contribution in [0.5, 0.6) is 0 Å². The molecule has 28 heavy (non-hydrogen) atoms. The van der Waals surface area contributed by atoms with Gasteiger partial charge in [0.25, 0.3) is 0 Å². The van der Waals surface area contributed by atoms with Crippen LogP contribution < -0.4 is 0 Å². The van der Waals surface area contributed by atoms with E-state index >= 15 is 0 Å². The topological polar surface area (TPSA) is 62.5 Å². The predicted octanol–water partition coefficient (Wildman–Crippen LogP) is 4.52. The van der Waals surface area contributed by atoms with Crippen molar-refractivity contribution in [2.24, 2.45) is 0 Å². The van der Waals surface area contributed by atoms with Crippen LogP contribution in [0.2, 0.25) is 0 Å². The molecule has 0 bridgehead atoms. The van der Waals surface area contributed by atoms with E-state index in [1.165, 1.54) is 0 Å². The Hall–Kier alpha value is -2.50. The molecule has 0 aromatic carbocycles. The number of carbonyl (C=O) groups excluding carboxylic acids is 2. The first-order valence-electron chi connectivity index (χ1n) is 9.56. The zero-order chi connectivity index (χ0) is 21.3. The summed E-state index contributed by atoms with van der Waals surface area (Å²) in [5, 5.41) is 0. The van der Waals surface area contributed by atoms with Gasteiger partial charge in [-0.05, 0) is 67.5 Å². The van der Waals surface area contributed by atoms with Crippen molar-refractivity contribution in [3.05, 3.63) is 47.0 Å². The first-order valence-corrected chi connectivity index (χ1v) is 9.56. The van der Waals surface area contributed by atoms with E-state index < -0.39 is 11.2 Å². The van der Waals surface area contributed by atoms with Gasteiger partial charge in [0.15, 0.2) is 0 Å². The summed E-state index contributed by atoms with van der Waals surface area (Å²) in [5.74, 6) is -0.624. The van der Waals surface area contributed by atoms with Crippen LogP contribution in [0.25, 0.3) is 0 Å². The fourth-order valence-electron chi connectivity index (χ4n) is 2.90. The minimum absolute atomic E-state index is 0.312. The summed E-state index contributed by atoms with van der Waals surface area (Å²) >= 11 is 0. The Morgan fingerprint density at radius 1 is 0.750 bits per heavy atom. The molecule has 2 rings (SSSR count). The number of esters is 2. The second kappa shape index (κ2) is 7.86. The number of aryl methyl sites for hydroxylation is 2. The minimum Gasteiger partial charge on any atom is -0.456 e. The second-order valence-electron chi connectivity index (χ2n) is 9.02. The van der Waals surface area contributed by atoms with Crippen LogP contribution in [0.15, 0.2) is 24.5 Å². The van der Waals surface area contributed by atoms with Gasteiger partial charge >= 0.3 is 11.9 Å². The van der Waals surface area contributed by atoms with Crippen LogP contribution in [0.4, 0.5) is 0 Å². The molecule has 2 aromatic rings. The van der Waals surface area contributed by atoms with Crippen LogP contribution in [0.1, 0.15) is 73.6 Å². The van der Waals surface area contributed by atoms with Gasteiger partial charge in [0.05, 0.1) is 11.1 Å². The maximum absolute atomic E-state index is 12.3. The first kappa shape index (κ1) is 21.8. The Kier molecular flexibility index (Phi) is 6.12. The molecule has 0 fully saturated rings. The van der Waals surface area contributed by atoms with E-state index in [4.69, 9.17) is 9.47 Å². The molecular formula is C22H32N2O4. The Morgan fingerprint density at radius 2 is 1.07 bits per heavy atom. The van der Waals surface area contributed by atoms with E-state index in [1.54, 1.807) is 12.1 Å². The number of nitrogens with zero attached hydrogens (tertiary/aromatic N) is 2. The molecule has 6 heteroatoms. The second-order valence-corrected chi connectivity index (χ2v) is 9.02. The van der Waals surface area contributed by atoms with Crippen LogP contribution >= 0.6 is 0 Å². The maximum atomic E-state index is 12.3. The molecular weight excluding hydrogens is 356 g/mol. The predicted molar refractivity (Wildman–Crippen MR) is 109 cm³/mol. The fourth-order valence-corrected chi connectivity index (χ4v) is 2.90. The Morgan fingerprint density at radius 3 is 1.36 bits per heavy atom. The van der Waals surface area contributed by atoms with Crippen molar-refractivity contribution < 1.29 is 19.1 Å². The normalized spacial score (nSPS) is 12.1. The quantitative estimate of drug-likeness (QED) is 0.707. The lowest BCUT2D eigenvalue weighted by Gasteiger charge is -2.19.